The van der Waals surface area contributed by atoms with Crippen molar-refractivity contribution >= 4 is 5.91 Å². The highest BCUT2D eigenvalue weighted by Crippen LogP contribution is 2.27. The van der Waals surface area contributed by atoms with Crippen molar-refractivity contribution in [2.24, 2.45) is 5.73 Å². The van der Waals surface area contributed by atoms with Gasteiger partial charge in [0.15, 0.2) is 0 Å². The van der Waals surface area contributed by atoms with Gasteiger partial charge in [0.05, 0.1) is 11.8 Å². The molecule has 1 aliphatic rings. The molecular weight excluding hydrogens is 252 g/mol. The lowest BCUT2D eigenvalue weighted by Gasteiger charge is -2.16. The van der Waals surface area contributed by atoms with Gasteiger partial charge in [0.25, 0.3) is 5.91 Å². The van der Waals surface area contributed by atoms with Gasteiger partial charge in [0.2, 0.25) is 0 Å². The summed E-state index contributed by atoms with van der Waals surface area (Å²) < 4.78 is 5.20. The molecule has 2 aromatic rings. The summed E-state index contributed by atoms with van der Waals surface area (Å²) in [7, 11) is 0. The van der Waals surface area contributed by atoms with Crippen LogP contribution in [-0.2, 0) is 0 Å². The van der Waals surface area contributed by atoms with Crippen LogP contribution >= 0.6 is 0 Å². The smallest absolute Gasteiger partial charge is 0.257 e. The van der Waals surface area contributed by atoms with Gasteiger partial charge in [0, 0.05) is 25.0 Å². The molecule has 0 aliphatic carbocycles. The van der Waals surface area contributed by atoms with E-state index in [2.05, 4.69) is 12.1 Å². The molecule has 1 aromatic heterocycles. The van der Waals surface area contributed by atoms with Gasteiger partial charge < -0.3 is 15.1 Å². The van der Waals surface area contributed by atoms with E-state index >= 15 is 0 Å². The van der Waals surface area contributed by atoms with Crippen LogP contribution in [0.3, 0.4) is 0 Å². The maximum absolute atomic E-state index is 12.5. The van der Waals surface area contributed by atoms with E-state index in [1.807, 2.05) is 23.1 Å². The first-order valence-corrected chi connectivity index (χ1v) is 6.80. The number of likely N-dealkylation sites (tertiary alicyclic amines) is 1. The molecule has 20 heavy (non-hydrogen) atoms. The summed E-state index contributed by atoms with van der Waals surface area (Å²) in [6.45, 7) is 3.05. The van der Waals surface area contributed by atoms with Crippen molar-refractivity contribution in [1.29, 1.82) is 0 Å². The van der Waals surface area contributed by atoms with Gasteiger partial charge in [-0.3, -0.25) is 4.79 Å². The lowest BCUT2D eigenvalue weighted by atomic mass is 9.95. The molecule has 2 heterocycles. The van der Waals surface area contributed by atoms with Crippen molar-refractivity contribution in [3.8, 4) is 0 Å². The Morgan fingerprint density at radius 2 is 2.00 bits per heavy atom. The van der Waals surface area contributed by atoms with Crippen LogP contribution in [-0.4, -0.2) is 29.9 Å². The zero-order valence-corrected chi connectivity index (χ0v) is 11.5. The molecule has 2 N–H and O–H groups in total. The van der Waals surface area contributed by atoms with Crippen molar-refractivity contribution < 1.29 is 9.21 Å². The summed E-state index contributed by atoms with van der Waals surface area (Å²) in [4.78, 5) is 14.3. The number of carbonyl (C=O) groups excluding carboxylic acids is 1. The molecule has 0 unspecified atom stereocenters. The molecule has 1 aliphatic heterocycles. The molecule has 1 saturated heterocycles. The highest BCUT2D eigenvalue weighted by molar-refractivity contribution is 5.95. The number of carbonyl (C=O) groups is 1. The minimum atomic E-state index is -0.0199. The zero-order valence-electron chi connectivity index (χ0n) is 11.5. The van der Waals surface area contributed by atoms with Crippen LogP contribution in [0.25, 0.3) is 0 Å². The Morgan fingerprint density at radius 1 is 1.25 bits per heavy atom. The molecule has 104 valence electrons. The average molecular weight is 270 g/mol. The van der Waals surface area contributed by atoms with Crippen molar-refractivity contribution in [2.75, 3.05) is 13.1 Å². The number of rotatable bonds is 2. The number of nitrogens with two attached hydrogens (primary N) is 1. The predicted octanol–water partition coefficient (Wildman–Crippen LogP) is 2.15. The van der Waals surface area contributed by atoms with Gasteiger partial charge in [0.1, 0.15) is 5.76 Å². The summed E-state index contributed by atoms with van der Waals surface area (Å²) in [5, 5.41) is 0. The number of aryl methyl sites for hydroxylation is 1. The lowest BCUT2D eigenvalue weighted by Crippen LogP contribution is -2.32. The van der Waals surface area contributed by atoms with Crippen molar-refractivity contribution in [1.82, 2.24) is 4.90 Å². The second kappa shape index (κ2) is 5.13. The highest BCUT2D eigenvalue weighted by Gasteiger charge is 2.34. The minimum Gasteiger partial charge on any atom is -0.469 e. The standard InChI is InChI=1S/C16H18N2O2/c1-11-13(7-8-20-11)16(19)18-9-14(15(17)10-18)12-5-3-2-4-6-12/h2-8,14-15H,9-10,17H2,1H3/t14-,15+/m0/s1. The molecule has 1 amide bonds. The van der Waals surface area contributed by atoms with Crippen LogP contribution in [0.5, 0.6) is 0 Å². The monoisotopic (exact) mass is 270 g/mol. The van der Waals surface area contributed by atoms with Gasteiger partial charge in [-0.1, -0.05) is 30.3 Å². The van der Waals surface area contributed by atoms with Gasteiger partial charge in [-0.15, -0.1) is 0 Å². The fourth-order valence-corrected chi connectivity index (χ4v) is 2.82. The van der Waals surface area contributed by atoms with Crippen LogP contribution in [0.2, 0.25) is 0 Å². The maximum Gasteiger partial charge on any atom is 0.257 e. The number of hydrogen-bond acceptors (Lipinski definition) is 3. The molecule has 4 nitrogen and oxygen atoms in total. The molecule has 2 atom stereocenters. The van der Waals surface area contributed by atoms with Crippen molar-refractivity contribution in [3.05, 3.63) is 59.5 Å². The SMILES string of the molecule is Cc1occc1C(=O)N1C[C@@H](N)[C@H](c2ccccc2)C1. The third-order valence-electron chi connectivity index (χ3n) is 3.97. The summed E-state index contributed by atoms with van der Waals surface area (Å²) in [6, 6.07) is 11.8. The molecular formula is C16H18N2O2. The first kappa shape index (κ1) is 12.9. The van der Waals surface area contributed by atoms with E-state index in [0.29, 0.717) is 24.4 Å². The van der Waals surface area contributed by atoms with Gasteiger partial charge in [-0.25, -0.2) is 0 Å². The average Bonchev–Trinajstić information content (AvgIpc) is 3.05. The molecule has 0 radical (unpaired) electrons. The molecule has 0 saturated carbocycles. The van der Waals surface area contributed by atoms with Crippen LogP contribution < -0.4 is 5.73 Å². The number of amides is 1. The number of hydrogen-bond donors (Lipinski definition) is 1. The predicted molar refractivity (Wildman–Crippen MR) is 76.5 cm³/mol. The molecule has 3 rings (SSSR count). The quantitative estimate of drug-likeness (QED) is 0.909. The summed E-state index contributed by atoms with van der Waals surface area (Å²) in [5.74, 6) is 0.865. The fraction of sp³-hybridized carbons (Fsp3) is 0.312. The highest BCUT2D eigenvalue weighted by atomic mass is 16.3. The van der Waals surface area contributed by atoms with Gasteiger partial charge >= 0.3 is 0 Å². The Bertz CT molecular complexity index is 606. The molecule has 1 fully saturated rings. The van der Waals surface area contributed by atoms with Crippen molar-refractivity contribution in [2.45, 2.75) is 18.9 Å². The number of furan rings is 1. The van der Waals surface area contributed by atoms with E-state index in [9.17, 15) is 4.79 Å². The fourth-order valence-electron chi connectivity index (χ4n) is 2.82. The van der Waals surface area contributed by atoms with Crippen LogP contribution in [0.15, 0.2) is 47.1 Å². The third kappa shape index (κ3) is 2.23. The van der Waals surface area contributed by atoms with E-state index in [0.717, 1.165) is 0 Å². The van der Waals surface area contributed by atoms with Crippen LogP contribution in [0.1, 0.15) is 27.6 Å². The first-order valence-electron chi connectivity index (χ1n) is 6.80. The van der Waals surface area contributed by atoms with E-state index in [1.165, 1.54) is 5.56 Å². The van der Waals surface area contributed by atoms with E-state index in [-0.39, 0.29) is 17.9 Å². The Hall–Kier alpha value is -2.07. The van der Waals surface area contributed by atoms with E-state index in [4.69, 9.17) is 10.2 Å². The summed E-state index contributed by atoms with van der Waals surface area (Å²) in [5.41, 5.74) is 8.04. The maximum atomic E-state index is 12.5. The lowest BCUT2D eigenvalue weighted by molar-refractivity contribution is 0.0787. The zero-order chi connectivity index (χ0) is 14.1. The van der Waals surface area contributed by atoms with Gasteiger partial charge in [-0.05, 0) is 18.6 Å². The Labute approximate surface area is 118 Å². The number of benzene rings is 1. The largest absolute Gasteiger partial charge is 0.469 e. The second-order valence-corrected chi connectivity index (χ2v) is 5.28. The third-order valence-corrected chi connectivity index (χ3v) is 3.97. The summed E-state index contributed by atoms with van der Waals surface area (Å²) >= 11 is 0. The van der Waals surface area contributed by atoms with Crippen molar-refractivity contribution in [3.63, 3.8) is 0 Å². The van der Waals surface area contributed by atoms with E-state index in [1.54, 1.807) is 19.3 Å². The Morgan fingerprint density at radius 3 is 2.65 bits per heavy atom. The normalized spacial score (nSPS) is 22.2. The topological polar surface area (TPSA) is 59.5 Å². The Balaban J connectivity index is 1.79. The minimum absolute atomic E-state index is 0.00475. The van der Waals surface area contributed by atoms with E-state index < -0.39 is 0 Å². The number of nitrogens with zero attached hydrogens (tertiary/aromatic N) is 1. The molecule has 0 bridgehead atoms. The van der Waals surface area contributed by atoms with Crippen LogP contribution in [0.4, 0.5) is 0 Å². The molecule has 0 spiro atoms. The molecule has 4 heteroatoms. The van der Waals surface area contributed by atoms with Crippen LogP contribution in [0, 0.1) is 6.92 Å². The molecule has 1 aromatic carbocycles. The Kier molecular flexibility index (Phi) is 3.32. The van der Waals surface area contributed by atoms with Gasteiger partial charge in [-0.2, -0.15) is 0 Å². The first-order chi connectivity index (χ1) is 9.66. The summed E-state index contributed by atoms with van der Waals surface area (Å²) in [6.07, 6.45) is 1.55. The second-order valence-electron chi connectivity index (χ2n) is 5.28.